The molecule has 20 heavy (non-hydrogen) atoms. The van der Waals surface area contributed by atoms with E-state index in [4.69, 9.17) is 0 Å². The fraction of sp³-hybridized carbons (Fsp3) is 0.364. The molecule has 0 atom stereocenters. The van der Waals surface area contributed by atoms with E-state index in [1.54, 1.807) is 6.92 Å². The number of rotatable bonds is 3. The van der Waals surface area contributed by atoms with Gasteiger partial charge in [-0.3, -0.25) is 10.1 Å². The van der Waals surface area contributed by atoms with Crippen molar-refractivity contribution in [3.05, 3.63) is 33.6 Å². The predicted molar refractivity (Wildman–Crippen MR) is 62.6 cm³/mol. The van der Waals surface area contributed by atoms with Crippen molar-refractivity contribution in [2.45, 2.75) is 25.9 Å². The van der Waals surface area contributed by atoms with Crippen molar-refractivity contribution in [1.82, 2.24) is 9.71 Å². The van der Waals surface area contributed by atoms with Gasteiger partial charge in [0.25, 0.3) is 5.69 Å². The number of alkyl halides is 3. The zero-order valence-electron chi connectivity index (χ0n) is 10.3. The van der Waals surface area contributed by atoms with Gasteiger partial charge in [0.1, 0.15) is 16.9 Å². The number of aromatic nitrogens is 2. The molecule has 2 aromatic rings. The minimum Gasteiger partial charge on any atom is -0.427 e. The van der Waals surface area contributed by atoms with Crippen LogP contribution in [0.4, 0.5) is 18.9 Å². The molecule has 0 saturated carbocycles. The fourth-order valence-electron chi connectivity index (χ4n) is 1.91. The zero-order chi connectivity index (χ0) is 15.1. The van der Waals surface area contributed by atoms with Crippen LogP contribution in [0, 0.1) is 10.1 Å². The molecular weight excluding hydrogens is 279 g/mol. The van der Waals surface area contributed by atoms with Crippen molar-refractivity contribution in [2.24, 2.45) is 0 Å². The average molecular weight is 289 g/mol. The molecule has 9 heteroatoms. The average Bonchev–Trinajstić information content (AvgIpc) is 2.65. The molecule has 0 fully saturated rings. The highest BCUT2D eigenvalue weighted by Gasteiger charge is 2.36. The Labute approximate surface area is 110 Å². The number of nitro groups is 1. The number of aryl methyl sites for hydroxylation is 1. The van der Waals surface area contributed by atoms with Crippen LogP contribution in [0.1, 0.15) is 24.7 Å². The van der Waals surface area contributed by atoms with Gasteiger partial charge in [-0.25, -0.2) is 4.98 Å². The quantitative estimate of drug-likeness (QED) is 0.534. The molecule has 1 aromatic heterocycles. The molecule has 1 N–H and O–H groups in total. The van der Waals surface area contributed by atoms with Crippen molar-refractivity contribution >= 4 is 16.7 Å². The summed E-state index contributed by atoms with van der Waals surface area (Å²) in [5.74, 6) is 0.0356. The van der Waals surface area contributed by atoms with E-state index in [2.05, 4.69) is 4.98 Å². The van der Waals surface area contributed by atoms with E-state index < -0.39 is 27.9 Å². The molecule has 0 aliphatic rings. The number of benzene rings is 1. The maximum atomic E-state index is 12.9. The Morgan fingerprint density at radius 3 is 2.60 bits per heavy atom. The lowest BCUT2D eigenvalue weighted by molar-refractivity contribution is -0.385. The minimum atomic E-state index is -4.79. The van der Waals surface area contributed by atoms with Gasteiger partial charge < -0.3 is 5.21 Å². The Morgan fingerprint density at radius 1 is 1.45 bits per heavy atom. The molecule has 6 nitrogen and oxygen atoms in total. The van der Waals surface area contributed by atoms with Crippen LogP contribution < -0.4 is 0 Å². The first-order valence-corrected chi connectivity index (χ1v) is 5.72. The van der Waals surface area contributed by atoms with Gasteiger partial charge in [-0.1, -0.05) is 6.92 Å². The molecule has 0 unspecified atom stereocenters. The van der Waals surface area contributed by atoms with Crippen LogP contribution in [0.15, 0.2) is 12.1 Å². The lowest BCUT2D eigenvalue weighted by atomic mass is 10.1. The molecule has 0 saturated heterocycles. The molecule has 2 rings (SSSR count). The third-order valence-electron chi connectivity index (χ3n) is 2.78. The van der Waals surface area contributed by atoms with E-state index in [0.717, 1.165) is 6.07 Å². The maximum Gasteiger partial charge on any atom is 0.418 e. The first kappa shape index (κ1) is 14.1. The summed E-state index contributed by atoms with van der Waals surface area (Å²) in [5, 5.41) is 20.5. The fourth-order valence-corrected chi connectivity index (χ4v) is 1.91. The smallest absolute Gasteiger partial charge is 0.418 e. The highest BCUT2D eigenvalue weighted by molar-refractivity contribution is 5.82. The number of hydrogen-bond acceptors (Lipinski definition) is 4. The summed E-state index contributed by atoms with van der Waals surface area (Å²) >= 11 is 0. The number of halogens is 3. The van der Waals surface area contributed by atoms with Gasteiger partial charge in [-0.2, -0.15) is 17.9 Å². The van der Waals surface area contributed by atoms with Crippen molar-refractivity contribution < 1.29 is 23.3 Å². The van der Waals surface area contributed by atoms with E-state index in [-0.39, 0.29) is 17.8 Å². The van der Waals surface area contributed by atoms with E-state index in [1.165, 1.54) is 0 Å². The van der Waals surface area contributed by atoms with Gasteiger partial charge in [0.2, 0.25) is 0 Å². The number of hydrogen-bond donors (Lipinski definition) is 1. The predicted octanol–water partition coefficient (Wildman–Crippen LogP) is 3.15. The highest BCUT2D eigenvalue weighted by Crippen LogP contribution is 2.37. The molecule has 0 amide bonds. The van der Waals surface area contributed by atoms with Crippen molar-refractivity contribution in [1.29, 1.82) is 0 Å². The van der Waals surface area contributed by atoms with E-state index >= 15 is 0 Å². The molecule has 0 radical (unpaired) electrons. The van der Waals surface area contributed by atoms with Crippen molar-refractivity contribution in [2.75, 3.05) is 0 Å². The second-order valence-electron chi connectivity index (χ2n) is 4.21. The van der Waals surface area contributed by atoms with Crippen LogP contribution >= 0.6 is 0 Å². The van der Waals surface area contributed by atoms with Crippen molar-refractivity contribution in [3.63, 3.8) is 0 Å². The molecule has 0 spiro atoms. The largest absolute Gasteiger partial charge is 0.427 e. The second kappa shape index (κ2) is 4.66. The normalized spacial score (nSPS) is 12.0. The molecule has 0 aliphatic heterocycles. The summed E-state index contributed by atoms with van der Waals surface area (Å²) < 4.78 is 39.3. The summed E-state index contributed by atoms with van der Waals surface area (Å²) in [6, 6.07) is 1.29. The van der Waals surface area contributed by atoms with Crippen LogP contribution in [-0.2, 0) is 12.6 Å². The number of non-ortho nitro benzene ring substituents is 1. The van der Waals surface area contributed by atoms with Gasteiger partial charge >= 0.3 is 6.18 Å². The molecular formula is C11H10F3N3O3. The first-order chi connectivity index (χ1) is 9.25. The summed E-state index contributed by atoms with van der Waals surface area (Å²) in [7, 11) is 0. The summed E-state index contributed by atoms with van der Waals surface area (Å²) in [6.45, 7) is 1.77. The van der Waals surface area contributed by atoms with Crippen LogP contribution in [0.25, 0.3) is 11.0 Å². The Bertz CT molecular complexity index is 679. The van der Waals surface area contributed by atoms with Crippen LogP contribution in [-0.4, -0.2) is 19.8 Å². The first-order valence-electron chi connectivity index (χ1n) is 5.72. The third-order valence-corrected chi connectivity index (χ3v) is 2.78. The summed E-state index contributed by atoms with van der Waals surface area (Å²) in [4.78, 5) is 13.5. The van der Waals surface area contributed by atoms with Crippen LogP contribution in [0.3, 0.4) is 0 Å². The highest BCUT2D eigenvalue weighted by atomic mass is 19.4. The van der Waals surface area contributed by atoms with Gasteiger partial charge in [-0.15, -0.1) is 0 Å². The van der Waals surface area contributed by atoms with Crippen LogP contribution in [0.5, 0.6) is 0 Å². The summed E-state index contributed by atoms with van der Waals surface area (Å²) in [6.07, 6.45) is -3.97. The molecule has 1 aromatic carbocycles. The topological polar surface area (TPSA) is 81.2 Å². The number of nitro benzene ring substituents is 1. The molecule has 0 bridgehead atoms. The van der Waals surface area contributed by atoms with E-state index in [9.17, 15) is 28.5 Å². The standard InChI is InChI=1S/C11H10F3N3O3/c1-2-3-9-15-10-7(11(12,13)14)4-6(17(19)20)5-8(10)16(9)18/h4-5,18H,2-3H2,1H3. The number of imidazole rings is 1. The Hall–Kier alpha value is -2.32. The lowest BCUT2D eigenvalue weighted by Gasteiger charge is -2.07. The Morgan fingerprint density at radius 2 is 2.10 bits per heavy atom. The monoisotopic (exact) mass is 289 g/mol. The van der Waals surface area contributed by atoms with E-state index in [1.807, 2.05) is 0 Å². The van der Waals surface area contributed by atoms with E-state index in [0.29, 0.717) is 17.2 Å². The van der Waals surface area contributed by atoms with Gasteiger partial charge in [0, 0.05) is 18.6 Å². The second-order valence-corrected chi connectivity index (χ2v) is 4.21. The van der Waals surface area contributed by atoms with Crippen molar-refractivity contribution in [3.8, 4) is 0 Å². The maximum absolute atomic E-state index is 12.9. The molecule has 1 heterocycles. The molecule has 108 valence electrons. The number of nitrogens with zero attached hydrogens (tertiary/aromatic N) is 3. The summed E-state index contributed by atoms with van der Waals surface area (Å²) in [5.41, 5.74) is -2.79. The Kier molecular flexibility index (Phi) is 3.28. The Balaban J connectivity index is 2.82. The molecule has 0 aliphatic carbocycles. The SMILES string of the molecule is CCCc1nc2c(C(F)(F)F)cc([N+](=O)[O-])cc2n1O. The number of fused-ring (bicyclic) bond motifs is 1. The zero-order valence-corrected chi connectivity index (χ0v) is 10.3. The minimum absolute atomic E-state index is 0.0356. The third kappa shape index (κ3) is 2.26. The van der Waals surface area contributed by atoms with Crippen LogP contribution in [0.2, 0.25) is 0 Å². The lowest BCUT2D eigenvalue weighted by Crippen LogP contribution is -2.07. The van der Waals surface area contributed by atoms with Gasteiger partial charge in [0.05, 0.1) is 10.5 Å². The van der Waals surface area contributed by atoms with Gasteiger partial charge in [0.15, 0.2) is 0 Å². The van der Waals surface area contributed by atoms with Gasteiger partial charge in [-0.05, 0) is 6.42 Å².